The number of sulfonamides is 1. The predicted octanol–water partition coefficient (Wildman–Crippen LogP) is 0.948. The molecule has 0 aliphatic rings. The van der Waals surface area contributed by atoms with E-state index in [0.717, 1.165) is 11.8 Å². The molecule has 0 aliphatic heterocycles. The van der Waals surface area contributed by atoms with Crippen LogP contribution in [0.25, 0.3) is 0 Å². The van der Waals surface area contributed by atoms with Crippen molar-refractivity contribution in [2.75, 3.05) is 11.0 Å². The van der Waals surface area contributed by atoms with Gasteiger partial charge in [0.25, 0.3) is 0 Å². The summed E-state index contributed by atoms with van der Waals surface area (Å²) in [7, 11) is -3.23. The Kier molecular flexibility index (Phi) is 3.71. The van der Waals surface area contributed by atoms with E-state index in [1.165, 1.54) is 0 Å². The average molecular weight is 228 g/mol. The van der Waals surface area contributed by atoms with Crippen LogP contribution in [0.4, 0.5) is 5.69 Å². The Labute approximate surface area is 90.5 Å². The van der Waals surface area contributed by atoms with Crippen molar-refractivity contribution in [2.45, 2.75) is 19.4 Å². The second-order valence-electron chi connectivity index (χ2n) is 3.71. The maximum absolute atomic E-state index is 11.1. The van der Waals surface area contributed by atoms with Gasteiger partial charge in [0.05, 0.1) is 11.9 Å². The van der Waals surface area contributed by atoms with E-state index in [1.54, 1.807) is 12.1 Å². The summed E-state index contributed by atoms with van der Waals surface area (Å²) in [6, 6.07) is 7.27. The van der Waals surface area contributed by atoms with Gasteiger partial charge in [-0.25, -0.2) is 8.42 Å². The minimum Gasteiger partial charge on any atom is -0.328 e. The van der Waals surface area contributed by atoms with Crippen LogP contribution < -0.4 is 10.5 Å². The molecule has 0 saturated carbocycles. The highest BCUT2D eigenvalue weighted by molar-refractivity contribution is 7.92. The van der Waals surface area contributed by atoms with Gasteiger partial charge in [-0.1, -0.05) is 18.2 Å². The molecule has 0 radical (unpaired) electrons. The summed E-state index contributed by atoms with van der Waals surface area (Å²) in [5, 5.41) is 0. The smallest absolute Gasteiger partial charge is 0.229 e. The SMILES string of the molecule is CC(N)Cc1ccccc1NS(C)(=O)=O. The number of rotatable bonds is 4. The van der Waals surface area contributed by atoms with E-state index in [4.69, 9.17) is 5.73 Å². The zero-order valence-corrected chi connectivity index (χ0v) is 9.71. The number of benzene rings is 1. The molecule has 0 heterocycles. The van der Waals surface area contributed by atoms with Gasteiger partial charge in [-0.05, 0) is 25.0 Å². The number of anilines is 1. The summed E-state index contributed by atoms with van der Waals surface area (Å²) >= 11 is 0. The summed E-state index contributed by atoms with van der Waals surface area (Å²) < 4.78 is 24.7. The monoisotopic (exact) mass is 228 g/mol. The summed E-state index contributed by atoms with van der Waals surface area (Å²) in [4.78, 5) is 0. The van der Waals surface area contributed by atoms with E-state index in [1.807, 2.05) is 19.1 Å². The summed E-state index contributed by atoms with van der Waals surface area (Å²) in [5.74, 6) is 0. The third kappa shape index (κ3) is 4.31. The van der Waals surface area contributed by atoms with Gasteiger partial charge in [0.1, 0.15) is 0 Å². The molecule has 0 aromatic heterocycles. The van der Waals surface area contributed by atoms with Gasteiger partial charge in [-0.2, -0.15) is 0 Å². The van der Waals surface area contributed by atoms with Crippen LogP contribution in [-0.4, -0.2) is 20.7 Å². The van der Waals surface area contributed by atoms with E-state index in [-0.39, 0.29) is 6.04 Å². The van der Waals surface area contributed by atoms with Crippen molar-refractivity contribution in [3.8, 4) is 0 Å². The maximum atomic E-state index is 11.1. The molecule has 84 valence electrons. The lowest BCUT2D eigenvalue weighted by Gasteiger charge is -2.12. The van der Waals surface area contributed by atoms with Crippen LogP contribution in [0.5, 0.6) is 0 Å². The van der Waals surface area contributed by atoms with Gasteiger partial charge >= 0.3 is 0 Å². The first-order valence-electron chi connectivity index (χ1n) is 4.70. The van der Waals surface area contributed by atoms with Crippen LogP contribution in [-0.2, 0) is 16.4 Å². The van der Waals surface area contributed by atoms with Gasteiger partial charge in [0.2, 0.25) is 10.0 Å². The van der Waals surface area contributed by atoms with Crippen molar-refractivity contribution in [3.05, 3.63) is 29.8 Å². The molecule has 1 aromatic carbocycles. The third-order valence-electron chi connectivity index (χ3n) is 1.85. The Morgan fingerprint density at radius 3 is 2.53 bits per heavy atom. The van der Waals surface area contributed by atoms with Gasteiger partial charge in [-0.15, -0.1) is 0 Å². The molecule has 0 saturated heterocycles. The molecular weight excluding hydrogens is 212 g/mol. The van der Waals surface area contributed by atoms with Crippen LogP contribution in [0.3, 0.4) is 0 Å². The van der Waals surface area contributed by atoms with E-state index >= 15 is 0 Å². The van der Waals surface area contributed by atoms with E-state index in [2.05, 4.69) is 4.72 Å². The quantitative estimate of drug-likeness (QED) is 0.806. The normalized spacial score (nSPS) is 13.5. The Bertz CT molecular complexity index is 427. The lowest BCUT2D eigenvalue weighted by molar-refractivity contribution is 0.606. The van der Waals surface area contributed by atoms with Crippen molar-refractivity contribution < 1.29 is 8.42 Å². The summed E-state index contributed by atoms with van der Waals surface area (Å²) in [6.07, 6.45) is 1.79. The Morgan fingerprint density at radius 1 is 1.40 bits per heavy atom. The Balaban J connectivity index is 2.96. The second-order valence-corrected chi connectivity index (χ2v) is 5.46. The fraction of sp³-hybridized carbons (Fsp3) is 0.400. The van der Waals surface area contributed by atoms with Gasteiger partial charge in [0.15, 0.2) is 0 Å². The number of hydrogen-bond acceptors (Lipinski definition) is 3. The van der Waals surface area contributed by atoms with Crippen LogP contribution >= 0.6 is 0 Å². The first-order valence-corrected chi connectivity index (χ1v) is 6.59. The fourth-order valence-corrected chi connectivity index (χ4v) is 1.94. The van der Waals surface area contributed by atoms with Crippen molar-refractivity contribution in [1.82, 2.24) is 0 Å². The highest BCUT2D eigenvalue weighted by Crippen LogP contribution is 2.17. The zero-order valence-electron chi connectivity index (χ0n) is 8.90. The van der Waals surface area contributed by atoms with Crippen LogP contribution in [0.2, 0.25) is 0 Å². The molecule has 1 unspecified atom stereocenters. The third-order valence-corrected chi connectivity index (χ3v) is 2.45. The molecule has 4 nitrogen and oxygen atoms in total. The number of para-hydroxylation sites is 1. The van der Waals surface area contributed by atoms with Crippen molar-refractivity contribution in [3.63, 3.8) is 0 Å². The van der Waals surface area contributed by atoms with Gasteiger partial charge in [-0.3, -0.25) is 4.72 Å². The molecular formula is C10H16N2O2S. The Morgan fingerprint density at radius 2 is 2.00 bits per heavy atom. The Hall–Kier alpha value is -1.07. The lowest BCUT2D eigenvalue weighted by Crippen LogP contribution is -2.19. The summed E-state index contributed by atoms with van der Waals surface area (Å²) in [6.45, 7) is 1.89. The molecule has 5 heteroatoms. The van der Waals surface area contributed by atoms with Crippen LogP contribution in [0.1, 0.15) is 12.5 Å². The van der Waals surface area contributed by atoms with E-state index in [0.29, 0.717) is 12.1 Å². The van der Waals surface area contributed by atoms with E-state index < -0.39 is 10.0 Å². The standard InChI is InChI=1S/C10H16N2O2S/c1-8(11)7-9-5-3-4-6-10(9)12-15(2,13)14/h3-6,8,12H,7,11H2,1-2H3. The molecule has 0 amide bonds. The molecule has 0 fully saturated rings. The molecule has 0 spiro atoms. The molecule has 1 rings (SSSR count). The van der Waals surface area contributed by atoms with E-state index in [9.17, 15) is 8.42 Å². The highest BCUT2D eigenvalue weighted by atomic mass is 32.2. The fourth-order valence-electron chi connectivity index (χ4n) is 1.34. The number of hydrogen-bond donors (Lipinski definition) is 2. The predicted molar refractivity (Wildman–Crippen MR) is 62.3 cm³/mol. The first kappa shape index (κ1) is 12.0. The molecule has 15 heavy (non-hydrogen) atoms. The largest absolute Gasteiger partial charge is 0.328 e. The topological polar surface area (TPSA) is 72.2 Å². The second kappa shape index (κ2) is 4.63. The van der Waals surface area contributed by atoms with Crippen molar-refractivity contribution >= 4 is 15.7 Å². The van der Waals surface area contributed by atoms with Crippen LogP contribution in [0.15, 0.2) is 24.3 Å². The van der Waals surface area contributed by atoms with Crippen molar-refractivity contribution in [2.24, 2.45) is 5.73 Å². The molecule has 3 N–H and O–H groups in total. The molecule has 1 atom stereocenters. The van der Waals surface area contributed by atoms with Crippen molar-refractivity contribution in [1.29, 1.82) is 0 Å². The minimum atomic E-state index is -3.23. The number of nitrogens with two attached hydrogens (primary N) is 1. The molecule has 1 aromatic rings. The van der Waals surface area contributed by atoms with Gasteiger partial charge < -0.3 is 5.73 Å². The zero-order chi connectivity index (χ0) is 11.5. The maximum Gasteiger partial charge on any atom is 0.229 e. The average Bonchev–Trinajstić information content (AvgIpc) is 2.05. The first-order chi connectivity index (χ1) is 6.88. The molecule has 0 aliphatic carbocycles. The highest BCUT2D eigenvalue weighted by Gasteiger charge is 2.07. The van der Waals surface area contributed by atoms with Gasteiger partial charge in [0, 0.05) is 6.04 Å². The molecule has 0 bridgehead atoms. The summed E-state index contributed by atoms with van der Waals surface area (Å²) in [5.41, 5.74) is 7.20. The number of nitrogens with one attached hydrogen (secondary N) is 1. The minimum absolute atomic E-state index is 0.00695. The van der Waals surface area contributed by atoms with Crippen LogP contribution in [0, 0.1) is 0 Å². The lowest BCUT2D eigenvalue weighted by atomic mass is 10.1.